The summed E-state index contributed by atoms with van der Waals surface area (Å²) in [5.74, 6) is 0.722. The highest BCUT2D eigenvalue weighted by atomic mass is 79.9. The molecule has 1 saturated carbocycles. The predicted molar refractivity (Wildman–Crippen MR) is 36.1 cm³/mol. The number of alkyl halides is 1. The Kier molecular flexibility index (Phi) is 1.71. The van der Waals surface area contributed by atoms with Crippen molar-refractivity contribution in [1.82, 2.24) is 0 Å². The second-order valence-electron chi connectivity index (χ2n) is 2.38. The zero-order valence-electron chi connectivity index (χ0n) is 4.86. The van der Waals surface area contributed by atoms with E-state index in [9.17, 15) is 4.79 Å². The number of halogens is 1. The average molecular weight is 177 g/mol. The second-order valence-corrected chi connectivity index (χ2v) is 3.67. The third-order valence-corrected chi connectivity index (χ3v) is 2.40. The van der Waals surface area contributed by atoms with Crippen molar-refractivity contribution in [1.29, 1.82) is 0 Å². The van der Waals surface area contributed by atoms with E-state index in [1.807, 2.05) is 0 Å². The van der Waals surface area contributed by atoms with Gasteiger partial charge in [0.1, 0.15) is 5.78 Å². The number of carbonyl (C=O) groups excluding carboxylic acids is 1. The van der Waals surface area contributed by atoms with Gasteiger partial charge >= 0.3 is 0 Å². The molecule has 0 bridgehead atoms. The monoisotopic (exact) mass is 176 g/mol. The van der Waals surface area contributed by atoms with Gasteiger partial charge in [-0.1, -0.05) is 15.9 Å². The normalized spacial score (nSPS) is 36.2. The van der Waals surface area contributed by atoms with Gasteiger partial charge in [-0.3, -0.25) is 4.79 Å². The fourth-order valence-electron chi connectivity index (χ4n) is 0.880. The number of hydrogen-bond donors (Lipinski definition) is 0. The summed E-state index contributed by atoms with van der Waals surface area (Å²) in [7, 11) is 0. The molecule has 1 nitrogen and oxygen atoms in total. The second kappa shape index (κ2) is 2.18. The van der Waals surface area contributed by atoms with Crippen molar-refractivity contribution in [2.24, 2.45) is 5.92 Å². The van der Waals surface area contributed by atoms with Gasteiger partial charge in [0.2, 0.25) is 0 Å². The lowest BCUT2D eigenvalue weighted by Gasteiger charge is -2.28. The van der Waals surface area contributed by atoms with Crippen LogP contribution in [0.5, 0.6) is 0 Å². The standard InChI is InChI=1S/C6H9BrO/c1-4(8)5-2-6(7)3-5/h5-6H,2-3H2,1H3. The van der Waals surface area contributed by atoms with E-state index in [4.69, 9.17) is 0 Å². The number of hydrogen-bond acceptors (Lipinski definition) is 1. The highest BCUT2D eigenvalue weighted by molar-refractivity contribution is 9.09. The average Bonchev–Trinajstić information content (AvgIpc) is 1.57. The van der Waals surface area contributed by atoms with E-state index in [0.717, 1.165) is 12.8 Å². The van der Waals surface area contributed by atoms with Gasteiger partial charge in [0, 0.05) is 10.7 Å². The molecule has 0 heterocycles. The van der Waals surface area contributed by atoms with E-state index in [1.165, 1.54) is 0 Å². The van der Waals surface area contributed by atoms with Crippen LogP contribution < -0.4 is 0 Å². The Bertz CT molecular complexity index is 105. The minimum atomic E-state index is 0.348. The van der Waals surface area contributed by atoms with Crippen LogP contribution in [0.4, 0.5) is 0 Å². The Morgan fingerprint density at radius 3 is 2.25 bits per heavy atom. The van der Waals surface area contributed by atoms with Gasteiger partial charge in [-0.05, 0) is 19.8 Å². The molecule has 1 aliphatic carbocycles. The molecule has 0 radical (unpaired) electrons. The van der Waals surface area contributed by atoms with E-state index >= 15 is 0 Å². The maximum absolute atomic E-state index is 10.6. The molecule has 1 rings (SSSR count). The highest BCUT2D eigenvalue weighted by Crippen LogP contribution is 2.33. The van der Waals surface area contributed by atoms with Crippen LogP contribution in [0.15, 0.2) is 0 Å². The van der Waals surface area contributed by atoms with Crippen molar-refractivity contribution in [3.8, 4) is 0 Å². The third-order valence-electron chi connectivity index (χ3n) is 1.66. The van der Waals surface area contributed by atoms with Crippen LogP contribution in [-0.2, 0) is 4.79 Å². The SMILES string of the molecule is CC(=O)C1CC(Br)C1. The molecule has 0 aromatic carbocycles. The minimum absolute atomic E-state index is 0.348. The van der Waals surface area contributed by atoms with Crippen molar-refractivity contribution < 1.29 is 4.79 Å². The molecule has 0 aromatic heterocycles. The van der Waals surface area contributed by atoms with E-state index < -0.39 is 0 Å². The third kappa shape index (κ3) is 1.10. The van der Waals surface area contributed by atoms with Gasteiger partial charge in [-0.15, -0.1) is 0 Å². The van der Waals surface area contributed by atoms with Gasteiger partial charge in [0.25, 0.3) is 0 Å². The largest absolute Gasteiger partial charge is 0.300 e. The van der Waals surface area contributed by atoms with Gasteiger partial charge in [0.05, 0.1) is 0 Å². The number of Topliss-reactive ketones (excluding diaryl/α,β-unsaturated/α-hetero) is 1. The van der Waals surface area contributed by atoms with Crippen LogP contribution in [-0.4, -0.2) is 10.6 Å². The van der Waals surface area contributed by atoms with Crippen molar-refractivity contribution in [3.05, 3.63) is 0 Å². The van der Waals surface area contributed by atoms with E-state index in [1.54, 1.807) is 6.92 Å². The topological polar surface area (TPSA) is 17.1 Å². The summed E-state index contributed by atoms with van der Waals surface area (Å²) in [6.45, 7) is 1.67. The summed E-state index contributed by atoms with van der Waals surface area (Å²) in [6, 6.07) is 0. The summed E-state index contributed by atoms with van der Waals surface area (Å²) < 4.78 is 0. The first-order valence-electron chi connectivity index (χ1n) is 2.84. The van der Waals surface area contributed by atoms with Crippen LogP contribution in [0.3, 0.4) is 0 Å². The lowest BCUT2D eigenvalue weighted by Crippen LogP contribution is -2.28. The number of carbonyl (C=O) groups is 1. The van der Waals surface area contributed by atoms with Gasteiger partial charge in [0.15, 0.2) is 0 Å². The molecular formula is C6H9BrO. The quantitative estimate of drug-likeness (QED) is 0.557. The fraction of sp³-hybridized carbons (Fsp3) is 0.833. The summed E-state index contributed by atoms with van der Waals surface area (Å²) in [6.07, 6.45) is 2.10. The highest BCUT2D eigenvalue weighted by Gasteiger charge is 2.29. The van der Waals surface area contributed by atoms with Crippen LogP contribution in [0.25, 0.3) is 0 Å². The van der Waals surface area contributed by atoms with E-state index in [-0.39, 0.29) is 0 Å². The van der Waals surface area contributed by atoms with E-state index in [2.05, 4.69) is 15.9 Å². The van der Waals surface area contributed by atoms with Crippen molar-refractivity contribution in [3.63, 3.8) is 0 Å². The molecule has 46 valence electrons. The molecule has 8 heavy (non-hydrogen) atoms. The molecule has 2 heteroatoms. The maximum Gasteiger partial charge on any atom is 0.132 e. The molecule has 0 amide bonds. The molecule has 0 atom stereocenters. The van der Waals surface area contributed by atoms with Gasteiger partial charge < -0.3 is 0 Å². The summed E-state index contributed by atoms with van der Waals surface area (Å²) in [4.78, 5) is 11.2. The predicted octanol–water partition coefficient (Wildman–Crippen LogP) is 1.75. The van der Waals surface area contributed by atoms with E-state index in [0.29, 0.717) is 16.5 Å². The van der Waals surface area contributed by atoms with Crippen LogP contribution in [0.2, 0.25) is 0 Å². The smallest absolute Gasteiger partial charge is 0.132 e. The minimum Gasteiger partial charge on any atom is -0.300 e. The molecule has 0 saturated heterocycles. The van der Waals surface area contributed by atoms with Crippen LogP contribution in [0.1, 0.15) is 19.8 Å². The Hall–Kier alpha value is 0.150. The summed E-state index contributed by atoms with van der Waals surface area (Å²) in [5, 5.41) is 0. The van der Waals surface area contributed by atoms with Crippen LogP contribution >= 0.6 is 15.9 Å². The zero-order chi connectivity index (χ0) is 6.15. The Morgan fingerprint density at radius 1 is 1.62 bits per heavy atom. The maximum atomic E-state index is 10.6. The van der Waals surface area contributed by atoms with Crippen molar-refractivity contribution in [2.75, 3.05) is 0 Å². The van der Waals surface area contributed by atoms with Gasteiger partial charge in [-0.2, -0.15) is 0 Å². The summed E-state index contributed by atoms with van der Waals surface area (Å²) in [5.41, 5.74) is 0. The first-order chi connectivity index (χ1) is 3.70. The van der Waals surface area contributed by atoms with Crippen molar-refractivity contribution in [2.45, 2.75) is 24.6 Å². The first-order valence-corrected chi connectivity index (χ1v) is 3.76. The molecule has 0 unspecified atom stereocenters. The molecule has 1 fully saturated rings. The lowest BCUT2D eigenvalue weighted by atomic mass is 9.83. The molecule has 0 aromatic rings. The zero-order valence-corrected chi connectivity index (χ0v) is 6.44. The Balaban J connectivity index is 2.25. The molecule has 0 spiro atoms. The number of ketones is 1. The lowest BCUT2D eigenvalue weighted by molar-refractivity contribution is -0.122. The van der Waals surface area contributed by atoms with Crippen LogP contribution in [0, 0.1) is 5.92 Å². The molecular weight excluding hydrogens is 168 g/mol. The van der Waals surface area contributed by atoms with Gasteiger partial charge in [-0.25, -0.2) is 0 Å². The Labute approximate surface area is 57.6 Å². The molecule has 0 aliphatic heterocycles. The fourth-order valence-corrected chi connectivity index (χ4v) is 1.78. The molecule has 1 aliphatic rings. The first kappa shape index (κ1) is 6.27. The van der Waals surface area contributed by atoms with Crippen molar-refractivity contribution >= 4 is 21.7 Å². The Morgan fingerprint density at radius 2 is 2.12 bits per heavy atom. The molecule has 0 N–H and O–H groups in total. The summed E-state index contributed by atoms with van der Waals surface area (Å²) >= 11 is 3.42. The number of rotatable bonds is 1.